The topological polar surface area (TPSA) is 26.3 Å². The van der Waals surface area contributed by atoms with Crippen LogP contribution in [0.3, 0.4) is 0 Å². The summed E-state index contributed by atoms with van der Waals surface area (Å²) in [6.07, 6.45) is 0.590. The third-order valence-corrected chi connectivity index (χ3v) is 5.71. The smallest absolute Gasteiger partial charge is 0.398 e. The second kappa shape index (κ2) is 8.38. The monoisotopic (exact) mass is 390 g/mol. The predicted octanol–water partition coefficient (Wildman–Crippen LogP) is 5.81. The van der Waals surface area contributed by atoms with E-state index in [0.717, 1.165) is 50.3 Å². The minimum absolute atomic E-state index is 0.120. The number of benzene rings is 2. The van der Waals surface area contributed by atoms with E-state index in [4.69, 9.17) is 4.74 Å². The van der Waals surface area contributed by atoms with Crippen molar-refractivity contribution >= 4 is 5.78 Å². The van der Waals surface area contributed by atoms with Crippen LogP contribution in [0.15, 0.2) is 42.5 Å². The van der Waals surface area contributed by atoms with E-state index in [2.05, 4.69) is 12.1 Å². The number of aryl methyl sites for hydroxylation is 2. The van der Waals surface area contributed by atoms with Crippen LogP contribution >= 0.6 is 0 Å². The van der Waals surface area contributed by atoms with E-state index in [1.54, 1.807) is 19.2 Å². The van der Waals surface area contributed by atoms with Gasteiger partial charge in [0.25, 0.3) is 0 Å². The Bertz CT molecular complexity index is 825. The third-order valence-electron chi connectivity index (χ3n) is 5.71. The van der Waals surface area contributed by atoms with Crippen LogP contribution in [0, 0.1) is 11.8 Å². The average molecular weight is 390 g/mol. The van der Waals surface area contributed by atoms with Crippen LogP contribution < -0.4 is 4.74 Å². The Morgan fingerprint density at radius 1 is 1.14 bits per heavy atom. The highest BCUT2D eigenvalue weighted by Gasteiger charge is 2.41. The summed E-state index contributed by atoms with van der Waals surface area (Å²) in [5.41, 5.74) is 3.90. The van der Waals surface area contributed by atoms with Crippen molar-refractivity contribution in [3.63, 3.8) is 0 Å². The molecule has 2 unspecified atom stereocenters. The van der Waals surface area contributed by atoms with Crippen molar-refractivity contribution in [2.75, 3.05) is 7.11 Å². The van der Waals surface area contributed by atoms with Crippen LogP contribution in [0.5, 0.6) is 5.75 Å². The number of hydrogen-bond donors (Lipinski definition) is 0. The lowest BCUT2D eigenvalue weighted by atomic mass is 9.81. The van der Waals surface area contributed by atoms with Gasteiger partial charge in [-0.25, -0.2) is 0 Å². The Morgan fingerprint density at radius 2 is 1.86 bits per heavy atom. The molecule has 2 atom stereocenters. The van der Waals surface area contributed by atoms with E-state index >= 15 is 0 Å². The first-order valence-corrected chi connectivity index (χ1v) is 9.63. The zero-order chi connectivity index (χ0) is 20.3. The van der Waals surface area contributed by atoms with Crippen molar-refractivity contribution < 1.29 is 22.7 Å². The second-order valence-corrected chi connectivity index (χ2v) is 7.61. The highest BCUT2D eigenvalue weighted by atomic mass is 19.4. The summed E-state index contributed by atoms with van der Waals surface area (Å²) < 4.78 is 43.4. The predicted molar refractivity (Wildman–Crippen MR) is 103 cm³/mol. The zero-order valence-corrected chi connectivity index (χ0v) is 16.2. The summed E-state index contributed by atoms with van der Waals surface area (Å²) >= 11 is 0. The highest BCUT2D eigenvalue weighted by Crippen LogP contribution is 2.31. The van der Waals surface area contributed by atoms with E-state index in [1.165, 1.54) is 23.3 Å². The number of Topliss-reactive ketones (excluding diaryl/α,β-unsaturated/α-hetero) is 1. The van der Waals surface area contributed by atoms with Crippen molar-refractivity contribution in [1.29, 1.82) is 0 Å². The minimum atomic E-state index is -4.50. The first-order valence-electron chi connectivity index (χ1n) is 9.63. The zero-order valence-electron chi connectivity index (χ0n) is 16.2. The minimum Gasteiger partial charge on any atom is -0.497 e. The molecule has 28 heavy (non-hydrogen) atoms. The number of fused-ring (bicyclic) bond motifs is 1. The van der Waals surface area contributed by atoms with Gasteiger partial charge in [0.1, 0.15) is 11.7 Å². The summed E-state index contributed by atoms with van der Waals surface area (Å²) in [6.45, 7) is 0.909. The summed E-state index contributed by atoms with van der Waals surface area (Å²) in [4.78, 5) is 11.9. The Morgan fingerprint density at radius 3 is 2.50 bits per heavy atom. The standard InChI is InChI=1S/C23H25F3O2/c1-15(23(24,25)26)22(27)18-8-5-16(6-9-18)3-4-17-7-10-20-14-21(28-2)12-11-19(20)13-17/h5-6,8-9,11-12,14-15,17H,3-4,7,10,13H2,1-2H3. The average Bonchev–Trinajstić information content (AvgIpc) is 2.70. The molecule has 1 aliphatic rings. The SMILES string of the molecule is COc1ccc2c(c1)CCC(CCc1ccc(C(=O)C(C)C(F)(F)F)cc1)C2. The molecule has 0 saturated carbocycles. The van der Waals surface area contributed by atoms with Gasteiger partial charge in [-0.05, 0) is 73.8 Å². The maximum Gasteiger partial charge on any atom is 0.398 e. The lowest BCUT2D eigenvalue weighted by molar-refractivity contribution is -0.155. The van der Waals surface area contributed by atoms with Gasteiger partial charge in [0.05, 0.1) is 7.11 Å². The fourth-order valence-electron chi connectivity index (χ4n) is 3.79. The molecule has 0 saturated heterocycles. The van der Waals surface area contributed by atoms with Crippen LogP contribution in [0.25, 0.3) is 0 Å². The number of hydrogen-bond acceptors (Lipinski definition) is 2. The number of methoxy groups -OCH3 is 1. The number of rotatable bonds is 6. The molecule has 1 aliphatic carbocycles. The maximum atomic E-state index is 12.7. The molecule has 0 radical (unpaired) electrons. The number of ether oxygens (including phenoxy) is 1. The largest absolute Gasteiger partial charge is 0.497 e. The van der Waals surface area contributed by atoms with Crippen LogP contribution in [-0.4, -0.2) is 19.1 Å². The van der Waals surface area contributed by atoms with Crippen LogP contribution in [-0.2, 0) is 19.3 Å². The molecular weight excluding hydrogens is 365 g/mol. The molecule has 150 valence electrons. The van der Waals surface area contributed by atoms with Gasteiger partial charge in [0.2, 0.25) is 0 Å². The Kier molecular flexibility index (Phi) is 6.11. The van der Waals surface area contributed by atoms with Crippen LogP contribution in [0.4, 0.5) is 13.2 Å². The first kappa shape index (κ1) is 20.4. The van der Waals surface area contributed by atoms with Crippen molar-refractivity contribution in [2.24, 2.45) is 11.8 Å². The molecule has 0 bridgehead atoms. The number of alkyl halides is 3. The fraction of sp³-hybridized carbons (Fsp3) is 0.435. The van der Waals surface area contributed by atoms with Crippen molar-refractivity contribution in [3.05, 3.63) is 64.7 Å². The second-order valence-electron chi connectivity index (χ2n) is 7.61. The number of halogens is 3. The summed E-state index contributed by atoms with van der Waals surface area (Å²) in [5.74, 6) is -1.36. The third kappa shape index (κ3) is 4.75. The van der Waals surface area contributed by atoms with Crippen molar-refractivity contribution in [2.45, 2.75) is 45.2 Å². The number of carbonyl (C=O) groups excluding carboxylic acids is 1. The molecule has 5 heteroatoms. The van der Waals surface area contributed by atoms with Gasteiger partial charge in [0, 0.05) is 5.56 Å². The van der Waals surface area contributed by atoms with Gasteiger partial charge in [0.15, 0.2) is 5.78 Å². The molecule has 0 spiro atoms. The van der Waals surface area contributed by atoms with Gasteiger partial charge in [-0.2, -0.15) is 13.2 Å². The lowest BCUT2D eigenvalue weighted by Crippen LogP contribution is -2.27. The summed E-state index contributed by atoms with van der Waals surface area (Å²) in [6, 6.07) is 12.8. The van der Waals surface area contributed by atoms with Crippen LogP contribution in [0.1, 0.15) is 46.8 Å². The molecule has 2 aromatic carbocycles. The van der Waals surface area contributed by atoms with E-state index in [0.29, 0.717) is 5.92 Å². The van der Waals surface area contributed by atoms with Crippen molar-refractivity contribution in [1.82, 2.24) is 0 Å². The van der Waals surface area contributed by atoms with Gasteiger partial charge in [-0.15, -0.1) is 0 Å². The number of ketones is 1. The quantitative estimate of drug-likeness (QED) is 0.582. The van der Waals surface area contributed by atoms with Gasteiger partial charge >= 0.3 is 6.18 Å². The highest BCUT2D eigenvalue weighted by molar-refractivity contribution is 5.98. The molecule has 0 amide bonds. The van der Waals surface area contributed by atoms with Gasteiger partial charge in [-0.3, -0.25) is 4.79 Å². The van der Waals surface area contributed by atoms with E-state index < -0.39 is 17.9 Å². The van der Waals surface area contributed by atoms with E-state index in [9.17, 15) is 18.0 Å². The van der Waals surface area contributed by atoms with E-state index in [1.807, 2.05) is 6.07 Å². The van der Waals surface area contributed by atoms with E-state index in [-0.39, 0.29) is 5.56 Å². The molecule has 0 heterocycles. The van der Waals surface area contributed by atoms with Gasteiger partial charge in [-0.1, -0.05) is 30.3 Å². The Hall–Kier alpha value is -2.30. The van der Waals surface area contributed by atoms with Gasteiger partial charge < -0.3 is 4.74 Å². The van der Waals surface area contributed by atoms with Crippen LogP contribution in [0.2, 0.25) is 0 Å². The molecule has 0 N–H and O–H groups in total. The maximum absolute atomic E-state index is 12.7. The van der Waals surface area contributed by atoms with Crippen molar-refractivity contribution in [3.8, 4) is 5.75 Å². The normalized spacial score (nSPS) is 17.7. The fourth-order valence-corrected chi connectivity index (χ4v) is 3.79. The molecule has 0 aromatic heterocycles. The number of carbonyl (C=O) groups is 1. The molecule has 2 aromatic rings. The Labute approximate surface area is 163 Å². The Balaban J connectivity index is 1.56. The lowest BCUT2D eigenvalue weighted by Gasteiger charge is -2.25. The first-order chi connectivity index (χ1) is 13.3. The molecule has 0 aliphatic heterocycles. The molecule has 0 fully saturated rings. The summed E-state index contributed by atoms with van der Waals surface area (Å²) in [7, 11) is 1.68. The molecular formula is C23H25F3O2. The molecule has 2 nitrogen and oxygen atoms in total. The molecule has 3 rings (SSSR count). The summed E-state index contributed by atoms with van der Waals surface area (Å²) in [5, 5.41) is 0.